The molecule has 0 fully saturated rings. The molecule has 1 aromatic heterocycles. The summed E-state index contributed by atoms with van der Waals surface area (Å²) in [4.78, 5) is 42.8. The predicted octanol–water partition coefficient (Wildman–Crippen LogP) is 3.62. The number of rotatable bonds is 6. The van der Waals surface area contributed by atoms with Crippen molar-refractivity contribution in [3.63, 3.8) is 0 Å². The Morgan fingerprint density at radius 1 is 1.31 bits per heavy atom. The van der Waals surface area contributed by atoms with Crippen LogP contribution in [-0.2, 0) is 9.59 Å². The van der Waals surface area contributed by atoms with Gasteiger partial charge < -0.3 is 10.1 Å². The minimum absolute atomic E-state index is 0.0122. The lowest BCUT2D eigenvalue weighted by atomic mass is 10.0. The standard InChI is InChI=1S/C18H16F3N3O4S/c1-9(2)7-13(15(26)23-17-22-5-6-29-17)24-12-4-3-10(28-18(19,20)21)8-11(12)14(25)16(24)27/h3-6,8-9,13H,7H2,1-2H3,(H,22,23,26). The van der Waals surface area contributed by atoms with Crippen molar-refractivity contribution in [3.8, 4) is 5.75 Å². The third kappa shape index (κ3) is 4.56. The van der Waals surface area contributed by atoms with Crippen LogP contribution in [0.25, 0.3) is 0 Å². The second-order valence-corrected chi connectivity index (χ2v) is 7.60. The van der Waals surface area contributed by atoms with Crippen molar-refractivity contribution in [2.24, 2.45) is 5.92 Å². The van der Waals surface area contributed by atoms with Gasteiger partial charge in [-0.3, -0.25) is 19.3 Å². The Hall–Kier alpha value is -2.95. The molecule has 2 amide bonds. The van der Waals surface area contributed by atoms with E-state index in [0.29, 0.717) is 5.13 Å². The maximum atomic E-state index is 12.8. The van der Waals surface area contributed by atoms with Gasteiger partial charge in [0.25, 0.3) is 11.7 Å². The van der Waals surface area contributed by atoms with Gasteiger partial charge in [-0.2, -0.15) is 0 Å². The molecule has 2 aromatic rings. The number of ether oxygens (including phenoxy) is 1. The Morgan fingerprint density at radius 3 is 2.62 bits per heavy atom. The lowest BCUT2D eigenvalue weighted by molar-refractivity contribution is -0.274. The summed E-state index contributed by atoms with van der Waals surface area (Å²) in [5.74, 6) is -3.15. The van der Waals surface area contributed by atoms with Crippen LogP contribution >= 0.6 is 11.3 Å². The summed E-state index contributed by atoms with van der Waals surface area (Å²) in [6.45, 7) is 3.68. The molecule has 1 unspecified atom stereocenters. The van der Waals surface area contributed by atoms with Crippen LogP contribution in [0.3, 0.4) is 0 Å². The molecule has 1 aliphatic heterocycles. The number of carbonyl (C=O) groups is 3. The molecular weight excluding hydrogens is 411 g/mol. The van der Waals surface area contributed by atoms with E-state index in [2.05, 4.69) is 15.0 Å². The number of alkyl halides is 3. The maximum absolute atomic E-state index is 12.8. The van der Waals surface area contributed by atoms with Gasteiger partial charge in [-0.1, -0.05) is 13.8 Å². The van der Waals surface area contributed by atoms with Gasteiger partial charge in [0.2, 0.25) is 5.91 Å². The van der Waals surface area contributed by atoms with E-state index in [4.69, 9.17) is 0 Å². The number of hydrogen-bond acceptors (Lipinski definition) is 6. The van der Waals surface area contributed by atoms with Gasteiger partial charge in [-0.15, -0.1) is 24.5 Å². The molecule has 0 bridgehead atoms. The predicted molar refractivity (Wildman–Crippen MR) is 98.9 cm³/mol. The van der Waals surface area contributed by atoms with Gasteiger partial charge in [-0.25, -0.2) is 4.98 Å². The fourth-order valence-corrected chi connectivity index (χ4v) is 3.53. The molecule has 3 rings (SSSR count). The Kier molecular flexibility index (Phi) is 5.60. The van der Waals surface area contributed by atoms with Crippen molar-refractivity contribution in [1.82, 2.24) is 4.98 Å². The SMILES string of the molecule is CC(C)CC(C(=O)Nc1nccs1)N1C(=O)C(=O)c2cc(OC(F)(F)F)ccc21. The van der Waals surface area contributed by atoms with E-state index in [-0.39, 0.29) is 23.6 Å². The summed E-state index contributed by atoms with van der Waals surface area (Å²) in [6.07, 6.45) is -3.20. The molecule has 29 heavy (non-hydrogen) atoms. The Balaban J connectivity index is 1.96. The van der Waals surface area contributed by atoms with Gasteiger partial charge in [-0.05, 0) is 30.5 Å². The molecule has 154 valence electrons. The topological polar surface area (TPSA) is 88.6 Å². The first-order valence-electron chi connectivity index (χ1n) is 8.55. The molecule has 11 heteroatoms. The second kappa shape index (κ2) is 7.82. The number of anilines is 2. The van der Waals surface area contributed by atoms with E-state index in [9.17, 15) is 27.6 Å². The monoisotopic (exact) mass is 427 g/mol. The van der Waals surface area contributed by atoms with Crippen molar-refractivity contribution in [2.45, 2.75) is 32.7 Å². The number of benzene rings is 1. The zero-order valence-corrected chi connectivity index (χ0v) is 16.1. The van der Waals surface area contributed by atoms with E-state index in [1.54, 1.807) is 5.38 Å². The van der Waals surface area contributed by atoms with E-state index in [1.807, 2.05) is 13.8 Å². The van der Waals surface area contributed by atoms with Crippen molar-refractivity contribution >= 4 is 39.8 Å². The maximum Gasteiger partial charge on any atom is 0.573 e. The fraction of sp³-hybridized carbons (Fsp3) is 0.333. The lowest BCUT2D eigenvalue weighted by Gasteiger charge is -2.28. The van der Waals surface area contributed by atoms with Gasteiger partial charge in [0.1, 0.15) is 11.8 Å². The molecule has 1 aromatic carbocycles. The number of hydrogen-bond donors (Lipinski definition) is 1. The molecule has 1 aliphatic rings. The molecule has 2 heterocycles. The van der Waals surface area contributed by atoms with Crippen LogP contribution in [0.5, 0.6) is 5.75 Å². The quantitative estimate of drug-likeness (QED) is 0.712. The van der Waals surface area contributed by atoms with Crippen LogP contribution in [0.15, 0.2) is 29.8 Å². The summed E-state index contributed by atoms with van der Waals surface area (Å²) in [5.41, 5.74) is -0.179. The highest BCUT2D eigenvalue weighted by molar-refractivity contribution is 7.13. The average Bonchev–Trinajstić information content (AvgIpc) is 3.19. The van der Waals surface area contributed by atoms with Gasteiger partial charge >= 0.3 is 6.36 Å². The first-order valence-corrected chi connectivity index (χ1v) is 9.43. The Bertz CT molecular complexity index is 944. The molecular formula is C18H16F3N3O4S. The van der Waals surface area contributed by atoms with E-state index in [0.717, 1.165) is 17.0 Å². The van der Waals surface area contributed by atoms with Crippen LogP contribution in [0.1, 0.15) is 30.6 Å². The first kappa shape index (κ1) is 20.8. The number of amides is 2. The molecule has 0 radical (unpaired) electrons. The van der Waals surface area contributed by atoms with Crippen molar-refractivity contribution in [1.29, 1.82) is 0 Å². The molecule has 0 aliphatic carbocycles. The van der Waals surface area contributed by atoms with E-state index in [1.165, 1.54) is 23.6 Å². The highest BCUT2D eigenvalue weighted by atomic mass is 32.1. The fourth-order valence-electron chi connectivity index (χ4n) is 3.00. The van der Waals surface area contributed by atoms with Crippen molar-refractivity contribution < 1.29 is 32.3 Å². The van der Waals surface area contributed by atoms with Crippen LogP contribution < -0.4 is 15.0 Å². The minimum Gasteiger partial charge on any atom is -0.406 e. The number of nitrogens with one attached hydrogen (secondary N) is 1. The minimum atomic E-state index is -4.94. The van der Waals surface area contributed by atoms with Crippen LogP contribution in [0, 0.1) is 5.92 Å². The zero-order chi connectivity index (χ0) is 21.3. The number of carbonyl (C=O) groups excluding carboxylic acids is 3. The summed E-state index contributed by atoms with van der Waals surface area (Å²) in [5, 5.41) is 4.59. The van der Waals surface area contributed by atoms with Gasteiger partial charge in [0.05, 0.1) is 11.3 Å². The van der Waals surface area contributed by atoms with E-state index >= 15 is 0 Å². The molecule has 0 saturated carbocycles. The molecule has 1 atom stereocenters. The largest absolute Gasteiger partial charge is 0.573 e. The summed E-state index contributed by atoms with van der Waals surface area (Å²) >= 11 is 1.19. The molecule has 7 nitrogen and oxygen atoms in total. The van der Waals surface area contributed by atoms with Gasteiger partial charge in [0.15, 0.2) is 5.13 Å². The van der Waals surface area contributed by atoms with Gasteiger partial charge in [0, 0.05) is 11.6 Å². The highest BCUT2D eigenvalue weighted by Crippen LogP contribution is 2.36. The number of ketones is 1. The zero-order valence-electron chi connectivity index (χ0n) is 15.3. The molecule has 0 spiro atoms. The van der Waals surface area contributed by atoms with Crippen molar-refractivity contribution in [3.05, 3.63) is 35.3 Å². The Labute approximate surface area is 167 Å². The highest BCUT2D eigenvalue weighted by Gasteiger charge is 2.43. The number of aromatic nitrogens is 1. The number of nitrogens with zero attached hydrogens (tertiary/aromatic N) is 2. The summed E-state index contributed by atoms with van der Waals surface area (Å²) in [6, 6.07) is 1.99. The second-order valence-electron chi connectivity index (χ2n) is 6.70. The number of thiazole rings is 1. The summed E-state index contributed by atoms with van der Waals surface area (Å²) in [7, 11) is 0. The van der Waals surface area contributed by atoms with E-state index < -0.39 is 35.8 Å². The van der Waals surface area contributed by atoms with Crippen LogP contribution in [-0.4, -0.2) is 35.0 Å². The Morgan fingerprint density at radius 2 is 2.03 bits per heavy atom. The third-order valence-corrected chi connectivity index (χ3v) is 4.78. The average molecular weight is 427 g/mol. The number of Topliss-reactive ketones (excluding diaryl/α,β-unsaturated/α-hetero) is 1. The first-order chi connectivity index (χ1) is 13.6. The third-order valence-electron chi connectivity index (χ3n) is 4.09. The normalized spacial score (nSPS) is 14.9. The summed E-state index contributed by atoms with van der Waals surface area (Å²) < 4.78 is 41.2. The van der Waals surface area contributed by atoms with Crippen molar-refractivity contribution in [2.75, 3.05) is 10.2 Å². The van der Waals surface area contributed by atoms with Crippen LogP contribution in [0.4, 0.5) is 24.0 Å². The molecule has 1 N–H and O–H groups in total. The number of fused-ring (bicyclic) bond motifs is 1. The lowest BCUT2D eigenvalue weighted by Crippen LogP contribution is -2.47. The smallest absolute Gasteiger partial charge is 0.406 e. The van der Waals surface area contributed by atoms with Crippen LogP contribution in [0.2, 0.25) is 0 Å². The molecule has 0 saturated heterocycles. The number of halogens is 3.